The molecule has 0 aliphatic heterocycles. The Balaban J connectivity index is 1.19. The predicted molar refractivity (Wildman–Crippen MR) is 182 cm³/mol. The lowest BCUT2D eigenvalue weighted by molar-refractivity contribution is 1.18. The molecule has 0 saturated carbocycles. The van der Waals surface area contributed by atoms with E-state index in [1.165, 1.54) is 43.8 Å². The third-order valence-corrected chi connectivity index (χ3v) is 8.21. The molecule has 0 N–H and O–H groups in total. The summed E-state index contributed by atoms with van der Waals surface area (Å²) >= 11 is 0. The first-order chi connectivity index (χ1) is 21.8. The molecule has 44 heavy (non-hydrogen) atoms. The Labute approximate surface area is 256 Å². The molecule has 0 saturated heterocycles. The van der Waals surface area contributed by atoms with E-state index < -0.39 is 0 Å². The van der Waals surface area contributed by atoms with Crippen LogP contribution >= 0.6 is 0 Å². The Morgan fingerprint density at radius 1 is 0.364 bits per heavy atom. The minimum Gasteiger partial charge on any atom is -0.264 e. The standard InChI is InChI=1S/C41H27N3/c1-3-13-35-28(8-1)10-5-15-37(35)30-17-21-32(22-18-30)39-26-40(34-12-7-25-42-27-34)44-41(43-39)33-23-19-31(20-24-33)38-16-6-11-29-9-2-4-14-36(29)38/h1-27H. The quantitative estimate of drug-likeness (QED) is 0.210. The van der Waals surface area contributed by atoms with Crippen LogP contribution in [0.3, 0.4) is 0 Å². The van der Waals surface area contributed by atoms with Crippen LogP contribution in [-0.4, -0.2) is 15.0 Å². The van der Waals surface area contributed by atoms with Crippen LogP contribution in [0.5, 0.6) is 0 Å². The number of fused-ring (bicyclic) bond motifs is 2. The number of aromatic nitrogens is 3. The molecule has 2 aromatic heterocycles. The summed E-state index contributed by atoms with van der Waals surface area (Å²) in [4.78, 5) is 14.4. The summed E-state index contributed by atoms with van der Waals surface area (Å²) in [5.41, 5.74) is 9.45. The van der Waals surface area contributed by atoms with E-state index in [0.717, 1.165) is 28.1 Å². The lowest BCUT2D eigenvalue weighted by Gasteiger charge is -2.11. The van der Waals surface area contributed by atoms with E-state index in [4.69, 9.17) is 9.97 Å². The number of nitrogens with zero attached hydrogens (tertiary/aromatic N) is 3. The first kappa shape index (κ1) is 25.8. The number of rotatable bonds is 5. The molecule has 8 rings (SSSR count). The smallest absolute Gasteiger partial charge is 0.160 e. The Morgan fingerprint density at radius 2 is 0.864 bits per heavy atom. The van der Waals surface area contributed by atoms with Crippen molar-refractivity contribution in [2.75, 3.05) is 0 Å². The summed E-state index contributed by atoms with van der Waals surface area (Å²) < 4.78 is 0. The summed E-state index contributed by atoms with van der Waals surface area (Å²) in [6, 6.07) is 53.2. The number of benzene rings is 6. The molecule has 0 unspecified atom stereocenters. The van der Waals surface area contributed by atoms with Crippen molar-refractivity contribution in [3.8, 4) is 56.2 Å². The van der Waals surface area contributed by atoms with E-state index in [9.17, 15) is 0 Å². The van der Waals surface area contributed by atoms with Crippen LogP contribution in [0, 0.1) is 0 Å². The van der Waals surface area contributed by atoms with Crippen LogP contribution in [0.25, 0.3) is 77.7 Å². The van der Waals surface area contributed by atoms with Gasteiger partial charge in [0.15, 0.2) is 5.82 Å². The van der Waals surface area contributed by atoms with Gasteiger partial charge >= 0.3 is 0 Å². The highest BCUT2D eigenvalue weighted by Crippen LogP contribution is 2.33. The van der Waals surface area contributed by atoms with E-state index in [1.54, 1.807) is 6.20 Å². The van der Waals surface area contributed by atoms with Gasteiger partial charge in [-0.2, -0.15) is 0 Å². The van der Waals surface area contributed by atoms with Crippen molar-refractivity contribution in [1.29, 1.82) is 0 Å². The summed E-state index contributed by atoms with van der Waals surface area (Å²) in [5, 5.41) is 4.96. The third kappa shape index (κ3) is 4.81. The van der Waals surface area contributed by atoms with Gasteiger partial charge in [0.25, 0.3) is 0 Å². The first-order valence-corrected chi connectivity index (χ1v) is 14.8. The van der Waals surface area contributed by atoms with Gasteiger partial charge in [0.1, 0.15) is 0 Å². The largest absolute Gasteiger partial charge is 0.264 e. The zero-order valence-electron chi connectivity index (χ0n) is 23.9. The van der Waals surface area contributed by atoms with Crippen LogP contribution < -0.4 is 0 Å². The third-order valence-electron chi connectivity index (χ3n) is 8.21. The fraction of sp³-hybridized carbons (Fsp3) is 0. The SMILES string of the molecule is c1cncc(-c2cc(-c3ccc(-c4cccc5ccccc45)cc3)nc(-c3ccc(-c4cccc5ccccc45)cc3)n2)c1. The van der Waals surface area contributed by atoms with E-state index >= 15 is 0 Å². The van der Waals surface area contributed by atoms with Crippen molar-refractivity contribution in [2.45, 2.75) is 0 Å². The Kier molecular flexibility index (Phi) is 6.47. The van der Waals surface area contributed by atoms with Crippen molar-refractivity contribution >= 4 is 21.5 Å². The normalized spacial score (nSPS) is 11.2. The molecule has 206 valence electrons. The molecule has 8 aromatic rings. The summed E-state index contributed by atoms with van der Waals surface area (Å²) in [6.45, 7) is 0. The fourth-order valence-corrected chi connectivity index (χ4v) is 5.96. The topological polar surface area (TPSA) is 38.7 Å². The Bertz CT molecular complexity index is 2100. The maximum atomic E-state index is 5.07. The maximum Gasteiger partial charge on any atom is 0.160 e. The molecule has 3 heteroatoms. The zero-order valence-corrected chi connectivity index (χ0v) is 23.9. The Morgan fingerprint density at radius 3 is 1.43 bits per heavy atom. The highest BCUT2D eigenvalue weighted by atomic mass is 14.9. The molecule has 0 fully saturated rings. The molecule has 6 aromatic carbocycles. The zero-order chi connectivity index (χ0) is 29.3. The molecule has 0 atom stereocenters. The minimum absolute atomic E-state index is 0.684. The van der Waals surface area contributed by atoms with Crippen molar-refractivity contribution in [3.05, 3.63) is 164 Å². The lowest BCUT2D eigenvalue weighted by atomic mass is 9.96. The van der Waals surface area contributed by atoms with Gasteiger partial charge in [-0.25, -0.2) is 9.97 Å². The van der Waals surface area contributed by atoms with E-state index in [-0.39, 0.29) is 0 Å². The van der Waals surface area contributed by atoms with Crippen LogP contribution in [0.1, 0.15) is 0 Å². The molecule has 0 amide bonds. The average molecular weight is 562 g/mol. The van der Waals surface area contributed by atoms with Crippen LogP contribution in [0.15, 0.2) is 164 Å². The van der Waals surface area contributed by atoms with Gasteiger partial charge < -0.3 is 0 Å². The van der Waals surface area contributed by atoms with E-state index in [0.29, 0.717) is 5.82 Å². The van der Waals surface area contributed by atoms with Crippen molar-refractivity contribution in [3.63, 3.8) is 0 Å². The molecule has 0 radical (unpaired) electrons. The first-order valence-electron chi connectivity index (χ1n) is 14.8. The molecule has 0 aliphatic carbocycles. The van der Waals surface area contributed by atoms with Crippen molar-refractivity contribution < 1.29 is 0 Å². The van der Waals surface area contributed by atoms with E-state index in [2.05, 4.69) is 145 Å². The molecular weight excluding hydrogens is 534 g/mol. The van der Waals surface area contributed by atoms with Crippen LogP contribution in [0.2, 0.25) is 0 Å². The Hall–Kier alpha value is -5.93. The van der Waals surface area contributed by atoms with Gasteiger partial charge in [-0.05, 0) is 62.0 Å². The van der Waals surface area contributed by atoms with Crippen LogP contribution in [0.4, 0.5) is 0 Å². The number of pyridine rings is 1. The number of hydrogen-bond donors (Lipinski definition) is 0. The minimum atomic E-state index is 0.684. The molecule has 0 bridgehead atoms. The van der Waals surface area contributed by atoms with Crippen molar-refractivity contribution in [2.24, 2.45) is 0 Å². The second-order valence-electron chi connectivity index (χ2n) is 10.9. The highest BCUT2D eigenvalue weighted by Gasteiger charge is 2.12. The molecule has 2 heterocycles. The maximum absolute atomic E-state index is 5.07. The predicted octanol–water partition coefficient (Wildman–Crippen LogP) is 10.5. The second-order valence-corrected chi connectivity index (χ2v) is 10.9. The molecule has 3 nitrogen and oxygen atoms in total. The summed E-state index contributed by atoms with van der Waals surface area (Å²) in [7, 11) is 0. The number of hydrogen-bond acceptors (Lipinski definition) is 3. The van der Waals surface area contributed by atoms with Gasteiger partial charge in [0.05, 0.1) is 11.4 Å². The van der Waals surface area contributed by atoms with Gasteiger partial charge in [0, 0.05) is 29.1 Å². The molecular formula is C41H27N3. The molecule has 0 spiro atoms. The monoisotopic (exact) mass is 561 g/mol. The average Bonchev–Trinajstić information content (AvgIpc) is 3.11. The van der Waals surface area contributed by atoms with E-state index in [1.807, 2.05) is 18.3 Å². The summed E-state index contributed by atoms with van der Waals surface area (Å²) in [6.07, 6.45) is 3.63. The lowest BCUT2D eigenvalue weighted by Crippen LogP contribution is -1.96. The van der Waals surface area contributed by atoms with Gasteiger partial charge in [0.2, 0.25) is 0 Å². The fourth-order valence-electron chi connectivity index (χ4n) is 5.96. The van der Waals surface area contributed by atoms with Gasteiger partial charge in [-0.1, -0.05) is 133 Å². The second kappa shape index (κ2) is 11.0. The highest BCUT2D eigenvalue weighted by molar-refractivity contribution is 5.98. The van der Waals surface area contributed by atoms with Gasteiger partial charge in [-0.15, -0.1) is 0 Å². The molecule has 0 aliphatic rings. The van der Waals surface area contributed by atoms with Gasteiger partial charge in [-0.3, -0.25) is 4.98 Å². The van der Waals surface area contributed by atoms with Crippen molar-refractivity contribution in [1.82, 2.24) is 15.0 Å². The van der Waals surface area contributed by atoms with Crippen LogP contribution in [-0.2, 0) is 0 Å². The summed E-state index contributed by atoms with van der Waals surface area (Å²) in [5.74, 6) is 0.684.